The molecule has 0 spiro atoms. The fraction of sp³-hybridized carbons (Fsp3) is 0.227. The minimum Gasteiger partial charge on any atom is -0.508 e. The summed E-state index contributed by atoms with van der Waals surface area (Å²) in [6.45, 7) is 0. The van der Waals surface area contributed by atoms with Crippen LogP contribution in [0.5, 0.6) is 5.75 Å². The van der Waals surface area contributed by atoms with Crippen LogP contribution in [0.2, 0.25) is 0 Å². The largest absolute Gasteiger partial charge is 0.508 e. The normalized spacial score (nSPS) is 19.4. The summed E-state index contributed by atoms with van der Waals surface area (Å²) in [6, 6.07) is 12.9. The summed E-state index contributed by atoms with van der Waals surface area (Å²) in [5, 5.41) is 9.96. The molecule has 2 aromatic rings. The van der Waals surface area contributed by atoms with Crippen LogP contribution >= 0.6 is 12.2 Å². The number of thiocarbonyl (C=S) groups is 1. The van der Waals surface area contributed by atoms with Gasteiger partial charge in [0.2, 0.25) is 0 Å². The Kier molecular flexibility index (Phi) is 5.91. The van der Waals surface area contributed by atoms with Crippen molar-refractivity contribution in [1.29, 1.82) is 0 Å². The van der Waals surface area contributed by atoms with Crippen LogP contribution in [-0.4, -0.2) is 21.5 Å². The topological polar surface area (TPSA) is 54.4 Å². The predicted molar refractivity (Wildman–Crippen MR) is 105 cm³/mol. The van der Waals surface area contributed by atoms with Gasteiger partial charge in [-0.3, -0.25) is 9.59 Å². The van der Waals surface area contributed by atoms with Crippen molar-refractivity contribution in [1.82, 2.24) is 0 Å². The van der Waals surface area contributed by atoms with Gasteiger partial charge in [0.15, 0.2) is 11.6 Å². The maximum atomic E-state index is 13.0. The molecule has 3 rings (SSSR count). The van der Waals surface area contributed by atoms with Gasteiger partial charge in [0, 0.05) is 23.6 Å². The smallest absolute Gasteiger partial charge is 0.171 e. The van der Waals surface area contributed by atoms with Crippen LogP contribution < -0.4 is 0 Å². The molecular formula is C22H19FO3S. The first-order valence-corrected chi connectivity index (χ1v) is 9.15. The summed E-state index contributed by atoms with van der Waals surface area (Å²) in [7, 11) is 0. The van der Waals surface area contributed by atoms with Crippen molar-refractivity contribution in [3.05, 3.63) is 77.1 Å². The molecule has 27 heavy (non-hydrogen) atoms. The highest BCUT2D eigenvalue weighted by molar-refractivity contribution is 7.80. The van der Waals surface area contributed by atoms with Crippen molar-refractivity contribution >= 4 is 28.6 Å². The lowest BCUT2D eigenvalue weighted by molar-refractivity contribution is -0.120. The standard InChI is InChI=1S/C22H19FO3S/c23-17-8-5-14(6-9-17)7-10-18-20(25)12-16(22(27)13-21(18)26)11-15-3-1-2-4-19(15)24/h1-6,8-10,16,24H,7,11-13H2/b18-10+. The third kappa shape index (κ3) is 4.74. The van der Waals surface area contributed by atoms with Gasteiger partial charge in [0.05, 0.1) is 5.57 Å². The first-order valence-electron chi connectivity index (χ1n) is 8.74. The fourth-order valence-electron chi connectivity index (χ4n) is 3.20. The zero-order valence-electron chi connectivity index (χ0n) is 14.7. The second kappa shape index (κ2) is 8.35. The Labute approximate surface area is 162 Å². The van der Waals surface area contributed by atoms with Gasteiger partial charge in [-0.25, -0.2) is 4.39 Å². The van der Waals surface area contributed by atoms with E-state index in [9.17, 15) is 19.1 Å². The van der Waals surface area contributed by atoms with Crippen LogP contribution in [0, 0.1) is 11.7 Å². The van der Waals surface area contributed by atoms with E-state index in [2.05, 4.69) is 0 Å². The molecule has 1 fully saturated rings. The third-order valence-electron chi connectivity index (χ3n) is 4.74. The molecule has 138 valence electrons. The molecule has 0 aliphatic heterocycles. The Hall–Kier alpha value is -2.66. The summed E-state index contributed by atoms with van der Waals surface area (Å²) in [4.78, 5) is 25.7. The van der Waals surface area contributed by atoms with Crippen molar-refractivity contribution < 1.29 is 19.1 Å². The van der Waals surface area contributed by atoms with Gasteiger partial charge in [-0.05, 0) is 42.2 Å². The molecule has 1 aliphatic carbocycles. The summed E-state index contributed by atoms with van der Waals surface area (Å²) < 4.78 is 13.0. The number of Topliss-reactive ketones (excluding diaryl/α,β-unsaturated/α-hetero) is 2. The molecule has 2 aromatic carbocycles. The molecule has 0 amide bonds. The number of ketones is 2. The van der Waals surface area contributed by atoms with Gasteiger partial charge in [0.1, 0.15) is 11.6 Å². The van der Waals surface area contributed by atoms with E-state index in [1.54, 1.807) is 36.4 Å². The molecule has 0 heterocycles. The van der Waals surface area contributed by atoms with Crippen LogP contribution in [0.3, 0.4) is 0 Å². The summed E-state index contributed by atoms with van der Waals surface area (Å²) >= 11 is 5.41. The van der Waals surface area contributed by atoms with Gasteiger partial charge >= 0.3 is 0 Å². The van der Waals surface area contributed by atoms with Crippen LogP contribution in [0.4, 0.5) is 4.39 Å². The molecule has 0 bridgehead atoms. The average molecular weight is 382 g/mol. The van der Waals surface area contributed by atoms with Gasteiger partial charge in [0.25, 0.3) is 0 Å². The number of carbonyl (C=O) groups excluding carboxylic acids is 2. The van der Waals surface area contributed by atoms with Crippen molar-refractivity contribution in [2.75, 3.05) is 0 Å². The zero-order chi connectivity index (χ0) is 19.4. The maximum absolute atomic E-state index is 13.0. The SMILES string of the molecule is O=C1CC(=S)C(Cc2ccccc2O)CC(=O)/C1=C\Cc1ccc(F)cc1. The Morgan fingerprint density at radius 3 is 2.48 bits per heavy atom. The molecule has 1 saturated carbocycles. The molecule has 5 heteroatoms. The van der Waals surface area contributed by atoms with Crippen LogP contribution in [0.25, 0.3) is 0 Å². The van der Waals surface area contributed by atoms with Crippen LogP contribution in [0.15, 0.2) is 60.2 Å². The third-order valence-corrected chi connectivity index (χ3v) is 5.21. The van der Waals surface area contributed by atoms with Gasteiger partial charge in [-0.1, -0.05) is 48.6 Å². The summed E-state index contributed by atoms with van der Waals surface area (Å²) in [5.74, 6) is -0.934. The number of carbonyl (C=O) groups is 2. The molecule has 1 aliphatic rings. The molecule has 0 radical (unpaired) electrons. The summed E-state index contributed by atoms with van der Waals surface area (Å²) in [6.07, 6.45) is 2.62. The molecule has 1 unspecified atom stereocenters. The number of phenols is 1. The van der Waals surface area contributed by atoms with E-state index in [4.69, 9.17) is 12.2 Å². The molecule has 1 N–H and O–H groups in total. The maximum Gasteiger partial charge on any atom is 0.171 e. The average Bonchev–Trinajstić information content (AvgIpc) is 2.73. The molecule has 0 saturated heterocycles. The molecular weight excluding hydrogens is 363 g/mol. The van der Waals surface area contributed by atoms with E-state index in [1.165, 1.54) is 12.1 Å². The Bertz CT molecular complexity index is 915. The number of halogens is 1. The van der Waals surface area contributed by atoms with E-state index in [0.29, 0.717) is 23.3 Å². The number of para-hydroxylation sites is 1. The highest BCUT2D eigenvalue weighted by atomic mass is 32.1. The monoisotopic (exact) mass is 382 g/mol. The van der Waals surface area contributed by atoms with E-state index < -0.39 is 0 Å². The van der Waals surface area contributed by atoms with E-state index in [-0.39, 0.29) is 47.5 Å². The second-order valence-corrected chi connectivity index (χ2v) is 7.20. The van der Waals surface area contributed by atoms with E-state index in [1.807, 2.05) is 6.07 Å². The lowest BCUT2D eigenvalue weighted by Crippen LogP contribution is -2.16. The number of rotatable bonds is 4. The summed E-state index contributed by atoms with van der Waals surface area (Å²) in [5.41, 5.74) is 1.70. The highest BCUT2D eigenvalue weighted by Crippen LogP contribution is 2.27. The first kappa shape index (κ1) is 19.1. The number of hydrogen-bond acceptors (Lipinski definition) is 4. The van der Waals surface area contributed by atoms with Crippen molar-refractivity contribution in [2.24, 2.45) is 5.92 Å². The Morgan fingerprint density at radius 2 is 1.78 bits per heavy atom. The Balaban J connectivity index is 1.77. The van der Waals surface area contributed by atoms with E-state index >= 15 is 0 Å². The van der Waals surface area contributed by atoms with Crippen LogP contribution in [-0.2, 0) is 22.4 Å². The zero-order valence-corrected chi connectivity index (χ0v) is 15.5. The number of allylic oxidation sites excluding steroid dienone is 2. The van der Waals surface area contributed by atoms with Crippen LogP contribution in [0.1, 0.15) is 24.0 Å². The highest BCUT2D eigenvalue weighted by Gasteiger charge is 2.30. The number of benzene rings is 2. The van der Waals surface area contributed by atoms with Crippen molar-refractivity contribution in [3.8, 4) is 5.75 Å². The quantitative estimate of drug-likeness (QED) is 0.373. The lowest BCUT2D eigenvalue weighted by Gasteiger charge is -2.14. The van der Waals surface area contributed by atoms with Gasteiger partial charge in [-0.15, -0.1) is 0 Å². The van der Waals surface area contributed by atoms with Gasteiger partial charge in [-0.2, -0.15) is 0 Å². The first-order chi connectivity index (χ1) is 12.9. The predicted octanol–water partition coefficient (Wildman–Crippen LogP) is 4.16. The molecule has 1 atom stereocenters. The van der Waals surface area contributed by atoms with Crippen molar-refractivity contribution in [2.45, 2.75) is 25.7 Å². The molecule has 0 aromatic heterocycles. The second-order valence-electron chi connectivity index (χ2n) is 6.67. The molecule has 3 nitrogen and oxygen atoms in total. The number of hydrogen-bond donors (Lipinski definition) is 1. The van der Waals surface area contributed by atoms with Gasteiger partial charge < -0.3 is 5.11 Å². The number of phenolic OH excluding ortho intramolecular Hbond substituents is 1. The number of aromatic hydroxyl groups is 1. The Morgan fingerprint density at radius 1 is 1.07 bits per heavy atom. The fourth-order valence-corrected chi connectivity index (χ4v) is 3.50. The van der Waals surface area contributed by atoms with E-state index in [0.717, 1.165) is 5.56 Å². The van der Waals surface area contributed by atoms with Crippen molar-refractivity contribution in [3.63, 3.8) is 0 Å². The minimum atomic E-state index is -0.328. The minimum absolute atomic E-state index is 0.0502. The lowest BCUT2D eigenvalue weighted by atomic mass is 9.91.